The van der Waals surface area contributed by atoms with Crippen molar-refractivity contribution in [2.75, 3.05) is 32.8 Å². The number of carbonyl (C=O) groups is 1. The number of nitrogens with one attached hydrogen (secondary N) is 1. The van der Waals surface area contributed by atoms with Crippen LogP contribution < -0.4 is 5.32 Å². The van der Waals surface area contributed by atoms with Crippen molar-refractivity contribution in [2.45, 2.75) is 38.1 Å². The van der Waals surface area contributed by atoms with Crippen LogP contribution in [0.5, 0.6) is 0 Å². The maximum atomic E-state index is 11.7. The zero-order valence-corrected chi connectivity index (χ0v) is 9.91. The van der Waals surface area contributed by atoms with Gasteiger partial charge in [0.25, 0.3) is 0 Å². The number of nitrogens with zero attached hydrogens (tertiary/aromatic N) is 1. The molecule has 1 aliphatic heterocycles. The van der Waals surface area contributed by atoms with Gasteiger partial charge in [0, 0.05) is 32.1 Å². The lowest BCUT2D eigenvalue weighted by Crippen LogP contribution is -2.40. The van der Waals surface area contributed by atoms with E-state index in [0.717, 1.165) is 32.8 Å². The Kier molecular flexibility index (Phi) is 4.60. The Labute approximate surface area is 97.3 Å². The molecule has 0 bridgehead atoms. The monoisotopic (exact) mass is 226 g/mol. The topological polar surface area (TPSA) is 41.6 Å². The van der Waals surface area contributed by atoms with Gasteiger partial charge in [-0.3, -0.25) is 9.69 Å². The zero-order valence-electron chi connectivity index (χ0n) is 9.91. The molecule has 1 heterocycles. The fraction of sp³-hybridized carbons (Fsp3) is 0.917. The molecule has 92 valence electrons. The van der Waals surface area contributed by atoms with E-state index >= 15 is 0 Å². The molecule has 2 rings (SSSR count). The summed E-state index contributed by atoms with van der Waals surface area (Å²) in [7, 11) is 0. The lowest BCUT2D eigenvalue weighted by molar-refractivity contribution is -0.122. The molecule has 1 N–H and O–H groups in total. The number of ether oxygens (including phenoxy) is 1. The van der Waals surface area contributed by atoms with Crippen LogP contribution in [0.1, 0.15) is 32.1 Å². The average molecular weight is 226 g/mol. The average Bonchev–Trinajstić information content (AvgIpc) is 2.81. The molecule has 0 unspecified atom stereocenters. The Morgan fingerprint density at radius 3 is 2.62 bits per heavy atom. The molecule has 1 saturated carbocycles. The second kappa shape index (κ2) is 6.21. The second-order valence-electron chi connectivity index (χ2n) is 4.75. The van der Waals surface area contributed by atoms with Crippen LogP contribution in [-0.2, 0) is 9.53 Å². The molecule has 2 fully saturated rings. The number of rotatable bonds is 4. The van der Waals surface area contributed by atoms with E-state index in [9.17, 15) is 4.79 Å². The minimum atomic E-state index is 0.221. The number of hydrogen-bond donors (Lipinski definition) is 1. The lowest BCUT2D eigenvalue weighted by atomic mass is 10.2. The first-order chi connectivity index (χ1) is 7.84. The van der Waals surface area contributed by atoms with Crippen molar-refractivity contribution in [2.24, 2.45) is 0 Å². The first-order valence-corrected chi connectivity index (χ1v) is 6.44. The van der Waals surface area contributed by atoms with Crippen LogP contribution in [-0.4, -0.2) is 49.7 Å². The molecule has 0 aromatic rings. The first-order valence-electron chi connectivity index (χ1n) is 6.44. The van der Waals surface area contributed by atoms with Crippen LogP contribution in [0.3, 0.4) is 0 Å². The predicted molar refractivity (Wildman–Crippen MR) is 62.3 cm³/mol. The summed E-state index contributed by atoms with van der Waals surface area (Å²) in [6.45, 7) is 4.43. The number of amides is 1. The minimum absolute atomic E-state index is 0.221. The van der Waals surface area contributed by atoms with Crippen LogP contribution in [0.2, 0.25) is 0 Å². The highest BCUT2D eigenvalue weighted by atomic mass is 16.5. The Morgan fingerprint density at radius 1 is 1.25 bits per heavy atom. The van der Waals surface area contributed by atoms with E-state index in [0.29, 0.717) is 12.5 Å². The quantitative estimate of drug-likeness (QED) is 0.770. The molecular weight excluding hydrogens is 204 g/mol. The van der Waals surface area contributed by atoms with Gasteiger partial charge in [-0.1, -0.05) is 12.8 Å². The van der Waals surface area contributed by atoms with Gasteiger partial charge < -0.3 is 10.1 Å². The van der Waals surface area contributed by atoms with E-state index in [4.69, 9.17) is 4.74 Å². The molecule has 2 aliphatic rings. The minimum Gasteiger partial charge on any atom is -0.379 e. The van der Waals surface area contributed by atoms with Crippen LogP contribution in [0.25, 0.3) is 0 Å². The fourth-order valence-corrected chi connectivity index (χ4v) is 2.45. The van der Waals surface area contributed by atoms with E-state index in [2.05, 4.69) is 10.2 Å². The van der Waals surface area contributed by atoms with Crippen LogP contribution in [0.4, 0.5) is 0 Å². The predicted octanol–water partition coefficient (Wildman–Crippen LogP) is 0.767. The summed E-state index contributed by atoms with van der Waals surface area (Å²) < 4.78 is 5.27. The van der Waals surface area contributed by atoms with Crippen LogP contribution in [0.15, 0.2) is 0 Å². The molecular formula is C12H22N2O2. The Balaban J connectivity index is 1.59. The number of hydrogen-bond acceptors (Lipinski definition) is 3. The van der Waals surface area contributed by atoms with Crippen molar-refractivity contribution in [1.82, 2.24) is 10.2 Å². The molecule has 4 heteroatoms. The van der Waals surface area contributed by atoms with Gasteiger partial charge in [0.15, 0.2) is 0 Å². The van der Waals surface area contributed by atoms with Gasteiger partial charge in [-0.2, -0.15) is 0 Å². The highest BCUT2D eigenvalue weighted by Crippen LogP contribution is 2.17. The van der Waals surface area contributed by atoms with Gasteiger partial charge in [0.2, 0.25) is 5.91 Å². The van der Waals surface area contributed by atoms with Crippen LogP contribution in [0, 0.1) is 0 Å². The molecule has 1 aliphatic carbocycles. The SMILES string of the molecule is O=C(CCN1CCOCC1)NC1CCCC1. The van der Waals surface area contributed by atoms with Crippen molar-refractivity contribution >= 4 is 5.91 Å². The number of carbonyl (C=O) groups excluding carboxylic acids is 1. The third-order valence-corrected chi connectivity index (χ3v) is 3.48. The Morgan fingerprint density at radius 2 is 1.94 bits per heavy atom. The fourth-order valence-electron chi connectivity index (χ4n) is 2.45. The molecule has 0 spiro atoms. The van der Waals surface area contributed by atoms with E-state index in [1.54, 1.807) is 0 Å². The van der Waals surface area contributed by atoms with Gasteiger partial charge in [0.1, 0.15) is 0 Å². The van der Waals surface area contributed by atoms with Crippen molar-refractivity contribution in [3.63, 3.8) is 0 Å². The molecule has 0 atom stereocenters. The largest absolute Gasteiger partial charge is 0.379 e. The molecule has 0 aromatic heterocycles. The normalized spacial score (nSPS) is 23.5. The molecule has 1 saturated heterocycles. The van der Waals surface area contributed by atoms with Crippen molar-refractivity contribution in [1.29, 1.82) is 0 Å². The lowest BCUT2D eigenvalue weighted by Gasteiger charge is -2.26. The maximum absolute atomic E-state index is 11.7. The van der Waals surface area contributed by atoms with E-state index < -0.39 is 0 Å². The molecule has 16 heavy (non-hydrogen) atoms. The summed E-state index contributed by atoms with van der Waals surface area (Å²) in [5.41, 5.74) is 0. The molecule has 0 aromatic carbocycles. The Bertz CT molecular complexity index is 221. The standard InChI is InChI=1S/C12H22N2O2/c15-12(13-11-3-1-2-4-11)5-6-14-7-9-16-10-8-14/h11H,1-10H2,(H,13,15). The Hall–Kier alpha value is -0.610. The summed E-state index contributed by atoms with van der Waals surface area (Å²) in [6.07, 6.45) is 5.52. The maximum Gasteiger partial charge on any atom is 0.221 e. The number of morpholine rings is 1. The van der Waals surface area contributed by atoms with Gasteiger partial charge >= 0.3 is 0 Å². The first kappa shape index (κ1) is 11.9. The van der Waals surface area contributed by atoms with E-state index in [1.807, 2.05) is 0 Å². The van der Waals surface area contributed by atoms with E-state index in [-0.39, 0.29) is 5.91 Å². The van der Waals surface area contributed by atoms with Crippen LogP contribution >= 0.6 is 0 Å². The summed E-state index contributed by atoms with van der Waals surface area (Å²) in [5.74, 6) is 0.221. The van der Waals surface area contributed by atoms with Gasteiger partial charge in [-0.25, -0.2) is 0 Å². The van der Waals surface area contributed by atoms with Crippen molar-refractivity contribution in [3.05, 3.63) is 0 Å². The second-order valence-corrected chi connectivity index (χ2v) is 4.75. The molecule has 4 nitrogen and oxygen atoms in total. The smallest absolute Gasteiger partial charge is 0.221 e. The third kappa shape index (κ3) is 3.76. The molecule has 1 amide bonds. The third-order valence-electron chi connectivity index (χ3n) is 3.48. The van der Waals surface area contributed by atoms with Gasteiger partial charge in [-0.05, 0) is 12.8 Å². The summed E-state index contributed by atoms with van der Waals surface area (Å²) >= 11 is 0. The summed E-state index contributed by atoms with van der Waals surface area (Å²) in [6, 6.07) is 0.456. The highest BCUT2D eigenvalue weighted by Gasteiger charge is 2.17. The summed E-state index contributed by atoms with van der Waals surface area (Å²) in [5, 5.41) is 3.12. The van der Waals surface area contributed by atoms with Gasteiger partial charge in [-0.15, -0.1) is 0 Å². The van der Waals surface area contributed by atoms with E-state index in [1.165, 1.54) is 25.7 Å². The van der Waals surface area contributed by atoms with Crippen molar-refractivity contribution < 1.29 is 9.53 Å². The van der Waals surface area contributed by atoms with Gasteiger partial charge in [0.05, 0.1) is 13.2 Å². The highest BCUT2D eigenvalue weighted by molar-refractivity contribution is 5.76. The molecule has 0 radical (unpaired) electrons. The summed E-state index contributed by atoms with van der Waals surface area (Å²) in [4.78, 5) is 14.0. The zero-order chi connectivity index (χ0) is 11.2. The van der Waals surface area contributed by atoms with Crippen molar-refractivity contribution in [3.8, 4) is 0 Å².